The molecule has 158 valence electrons. The van der Waals surface area contributed by atoms with Crippen molar-refractivity contribution in [2.24, 2.45) is 0 Å². The number of nitro benzene ring substituents is 1. The number of aromatic nitrogens is 2. The predicted octanol–water partition coefficient (Wildman–Crippen LogP) is 2.19. The highest BCUT2D eigenvalue weighted by molar-refractivity contribution is 7.89. The summed E-state index contributed by atoms with van der Waals surface area (Å²) in [6.07, 6.45) is 1.55. The second-order valence-electron chi connectivity index (χ2n) is 6.88. The average molecular weight is 437 g/mol. The second-order valence-corrected chi connectivity index (χ2v) is 8.82. The molecule has 2 aromatic carbocycles. The highest BCUT2D eigenvalue weighted by Crippen LogP contribution is 2.22. The minimum atomic E-state index is -3.92. The molecule has 1 aromatic heterocycles. The Morgan fingerprint density at radius 2 is 1.77 bits per heavy atom. The Morgan fingerprint density at radius 3 is 2.43 bits per heavy atom. The van der Waals surface area contributed by atoms with Gasteiger partial charge in [-0.2, -0.15) is 9.40 Å². The average Bonchev–Trinajstić information content (AvgIpc) is 3.12. The Morgan fingerprint density at radius 1 is 1.03 bits per heavy atom. The number of fused-ring (bicyclic) bond motifs is 1. The van der Waals surface area contributed by atoms with Gasteiger partial charge in [-0.15, -0.1) is 0 Å². The van der Waals surface area contributed by atoms with Crippen molar-refractivity contribution >= 4 is 26.6 Å². The minimum absolute atomic E-state index is 0.0156. The van der Waals surface area contributed by atoms with Crippen molar-refractivity contribution < 1.29 is 22.1 Å². The largest absolute Gasteiger partial charge is 0.282 e. The summed E-state index contributed by atoms with van der Waals surface area (Å²) in [5, 5.41) is 15.8. The number of rotatable bonds is 5. The van der Waals surface area contributed by atoms with Gasteiger partial charge >= 0.3 is 0 Å². The molecule has 0 amide bonds. The van der Waals surface area contributed by atoms with Crippen LogP contribution in [0.5, 0.6) is 0 Å². The van der Waals surface area contributed by atoms with Crippen LogP contribution in [0.15, 0.2) is 47.5 Å². The zero-order valence-electron chi connectivity index (χ0n) is 15.6. The van der Waals surface area contributed by atoms with E-state index in [0.717, 1.165) is 17.6 Å². The molecule has 0 bridgehead atoms. The van der Waals surface area contributed by atoms with Gasteiger partial charge in [-0.1, -0.05) is 0 Å². The highest BCUT2D eigenvalue weighted by Gasteiger charge is 2.29. The van der Waals surface area contributed by atoms with Crippen molar-refractivity contribution in [3.05, 3.63) is 64.3 Å². The fourth-order valence-corrected chi connectivity index (χ4v) is 4.82. The molecule has 3 aromatic rings. The zero-order valence-corrected chi connectivity index (χ0v) is 16.4. The van der Waals surface area contributed by atoms with Gasteiger partial charge in [0.15, 0.2) is 11.6 Å². The molecule has 1 aliphatic heterocycles. The molecule has 0 unspecified atom stereocenters. The Hall–Kier alpha value is -2.96. The normalized spacial score (nSPS) is 16.2. The van der Waals surface area contributed by atoms with Gasteiger partial charge in [0.2, 0.25) is 10.0 Å². The highest BCUT2D eigenvalue weighted by atomic mass is 32.2. The minimum Gasteiger partial charge on any atom is -0.282 e. The maximum atomic E-state index is 13.4. The van der Waals surface area contributed by atoms with Crippen LogP contribution < -0.4 is 0 Å². The number of nitrogens with zero attached hydrogens (tertiary/aromatic N) is 5. The molecule has 2 heterocycles. The molecular weight excluding hydrogens is 420 g/mol. The van der Waals surface area contributed by atoms with E-state index in [2.05, 4.69) is 5.10 Å². The van der Waals surface area contributed by atoms with Crippen LogP contribution in [-0.2, 0) is 16.7 Å². The lowest BCUT2D eigenvalue weighted by Crippen LogP contribution is -2.48. The smallest absolute Gasteiger partial charge is 0.270 e. The number of non-ortho nitro benzene ring substituents is 1. The molecule has 1 saturated heterocycles. The number of sulfonamides is 1. The molecule has 0 spiro atoms. The summed E-state index contributed by atoms with van der Waals surface area (Å²) in [5.41, 5.74) is 0.718. The van der Waals surface area contributed by atoms with Gasteiger partial charge in [0, 0.05) is 43.7 Å². The molecule has 0 atom stereocenters. The van der Waals surface area contributed by atoms with E-state index in [-0.39, 0.29) is 23.7 Å². The van der Waals surface area contributed by atoms with Crippen LogP contribution in [0.4, 0.5) is 14.5 Å². The molecule has 1 aliphatic rings. The lowest BCUT2D eigenvalue weighted by atomic mass is 10.2. The van der Waals surface area contributed by atoms with Crippen LogP contribution in [0.3, 0.4) is 0 Å². The van der Waals surface area contributed by atoms with Crippen molar-refractivity contribution in [3.8, 4) is 0 Å². The fraction of sp³-hybridized carbons (Fsp3) is 0.278. The molecule has 30 heavy (non-hydrogen) atoms. The standard InChI is InChI=1S/C18H17F2N5O4S/c19-16-3-2-15(10-17(16)20)30(28,29)23-7-5-22(6-8-23)12-24-18-4-1-14(25(26)27)9-13(18)11-21-24/h1-4,9-11H,5-8,12H2. The third-order valence-electron chi connectivity index (χ3n) is 5.03. The number of hydrogen-bond acceptors (Lipinski definition) is 6. The SMILES string of the molecule is O=[N+]([O-])c1ccc2c(cnn2CN2CCN(S(=O)(=O)c3ccc(F)c(F)c3)CC2)c1. The molecule has 12 heteroatoms. The first-order valence-corrected chi connectivity index (χ1v) is 10.5. The number of nitro groups is 1. The van der Waals surface area contributed by atoms with Crippen molar-refractivity contribution in [2.75, 3.05) is 26.2 Å². The topological polar surface area (TPSA) is 102 Å². The lowest BCUT2D eigenvalue weighted by Gasteiger charge is -2.33. The van der Waals surface area contributed by atoms with Gasteiger partial charge in [0.25, 0.3) is 5.69 Å². The molecular formula is C18H17F2N5O4S. The summed E-state index contributed by atoms with van der Waals surface area (Å²) in [6, 6.07) is 7.02. The maximum Gasteiger partial charge on any atom is 0.270 e. The van der Waals surface area contributed by atoms with Gasteiger partial charge in [0.05, 0.1) is 28.2 Å². The molecule has 1 fully saturated rings. The van der Waals surface area contributed by atoms with Crippen LogP contribution >= 0.6 is 0 Å². The number of hydrogen-bond donors (Lipinski definition) is 0. The summed E-state index contributed by atoms with van der Waals surface area (Å²) in [7, 11) is -3.92. The van der Waals surface area contributed by atoms with E-state index in [1.165, 1.54) is 16.4 Å². The van der Waals surface area contributed by atoms with E-state index < -0.39 is 26.6 Å². The van der Waals surface area contributed by atoms with Gasteiger partial charge in [-0.05, 0) is 24.3 Å². The number of halogens is 2. The van der Waals surface area contributed by atoms with E-state index >= 15 is 0 Å². The second kappa shape index (κ2) is 7.70. The molecule has 0 saturated carbocycles. The first-order chi connectivity index (χ1) is 14.3. The van der Waals surface area contributed by atoms with Gasteiger partial charge in [-0.3, -0.25) is 19.7 Å². The van der Waals surface area contributed by atoms with Crippen molar-refractivity contribution in [3.63, 3.8) is 0 Å². The third-order valence-corrected chi connectivity index (χ3v) is 6.92. The van der Waals surface area contributed by atoms with Crippen molar-refractivity contribution in [1.29, 1.82) is 0 Å². The summed E-state index contributed by atoms with van der Waals surface area (Å²) in [6.45, 7) is 1.59. The molecule has 0 aliphatic carbocycles. The number of benzene rings is 2. The maximum absolute atomic E-state index is 13.4. The van der Waals surface area contributed by atoms with Gasteiger partial charge in [-0.25, -0.2) is 17.2 Å². The predicted molar refractivity (Wildman–Crippen MR) is 103 cm³/mol. The van der Waals surface area contributed by atoms with Crippen LogP contribution in [-0.4, -0.2) is 58.5 Å². The Labute approximate surface area is 170 Å². The van der Waals surface area contributed by atoms with Gasteiger partial charge in [0.1, 0.15) is 0 Å². The first-order valence-electron chi connectivity index (χ1n) is 9.03. The number of piperazine rings is 1. The molecule has 9 nitrogen and oxygen atoms in total. The van der Waals surface area contributed by atoms with Crippen LogP contribution in [0.25, 0.3) is 10.9 Å². The summed E-state index contributed by atoms with van der Waals surface area (Å²) in [4.78, 5) is 12.1. The Balaban J connectivity index is 1.44. The zero-order chi connectivity index (χ0) is 21.5. The van der Waals surface area contributed by atoms with Crippen LogP contribution in [0.2, 0.25) is 0 Å². The summed E-state index contributed by atoms with van der Waals surface area (Å²) in [5.74, 6) is -2.31. The monoisotopic (exact) mass is 437 g/mol. The summed E-state index contributed by atoms with van der Waals surface area (Å²) < 4.78 is 54.8. The van der Waals surface area contributed by atoms with E-state index in [9.17, 15) is 27.3 Å². The first kappa shape index (κ1) is 20.3. The molecule has 4 rings (SSSR count). The van der Waals surface area contributed by atoms with Crippen molar-refractivity contribution in [2.45, 2.75) is 11.6 Å². The summed E-state index contributed by atoms with van der Waals surface area (Å²) >= 11 is 0. The quantitative estimate of drug-likeness (QED) is 0.448. The van der Waals surface area contributed by atoms with Crippen molar-refractivity contribution in [1.82, 2.24) is 19.0 Å². The van der Waals surface area contributed by atoms with Crippen LogP contribution in [0, 0.1) is 21.7 Å². The molecule has 0 radical (unpaired) electrons. The van der Waals surface area contributed by atoms with Gasteiger partial charge < -0.3 is 0 Å². The lowest BCUT2D eigenvalue weighted by molar-refractivity contribution is -0.384. The Bertz CT molecular complexity index is 1220. The third kappa shape index (κ3) is 3.76. The van der Waals surface area contributed by atoms with E-state index in [1.54, 1.807) is 16.9 Å². The fourth-order valence-electron chi connectivity index (χ4n) is 3.39. The van der Waals surface area contributed by atoms with E-state index in [4.69, 9.17) is 0 Å². The molecule has 0 N–H and O–H groups in total. The van der Waals surface area contributed by atoms with E-state index in [1.807, 2.05) is 4.90 Å². The van der Waals surface area contributed by atoms with E-state index in [0.29, 0.717) is 31.2 Å². The van der Waals surface area contributed by atoms with Crippen LogP contribution in [0.1, 0.15) is 0 Å². The Kier molecular flexibility index (Phi) is 5.22.